The molecule has 4 N–H and O–H groups in total. The van der Waals surface area contributed by atoms with Crippen LogP contribution in [0.3, 0.4) is 0 Å². The van der Waals surface area contributed by atoms with Gasteiger partial charge in [-0.25, -0.2) is 18.0 Å². The highest BCUT2D eigenvalue weighted by Gasteiger charge is 2.35. The van der Waals surface area contributed by atoms with Crippen LogP contribution in [0.2, 0.25) is 0 Å². The molecular weight excluding hydrogens is 437 g/mol. The molecule has 0 radical (unpaired) electrons. The Morgan fingerprint density at radius 1 is 1.18 bits per heavy atom. The lowest BCUT2D eigenvalue weighted by molar-refractivity contribution is -0.124. The van der Waals surface area contributed by atoms with Crippen molar-refractivity contribution in [2.24, 2.45) is 0 Å². The van der Waals surface area contributed by atoms with E-state index >= 15 is 0 Å². The van der Waals surface area contributed by atoms with Gasteiger partial charge in [-0.15, -0.1) is 0 Å². The van der Waals surface area contributed by atoms with Gasteiger partial charge in [-0.1, -0.05) is 37.3 Å². The zero-order valence-electron chi connectivity index (χ0n) is 18.2. The van der Waals surface area contributed by atoms with Crippen LogP contribution in [-0.4, -0.2) is 59.8 Å². The lowest BCUT2D eigenvalue weighted by Crippen LogP contribution is -2.53. The number of aliphatic hydroxyl groups is 1. The van der Waals surface area contributed by atoms with Crippen molar-refractivity contribution >= 4 is 11.9 Å². The number of urea groups is 1. The van der Waals surface area contributed by atoms with Gasteiger partial charge in [0.05, 0.1) is 25.2 Å². The molecule has 3 atom stereocenters. The molecule has 0 unspecified atom stereocenters. The van der Waals surface area contributed by atoms with Gasteiger partial charge in [0.1, 0.15) is 11.9 Å². The van der Waals surface area contributed by atoms with Gasteiger partial charge < -0.3 is 26.0 Å². The summed E-state index contributed by atoms with van der Waals surface area (Å²) in [5.41, 5.74) is 0.720. The Morgan fingerprint density at radius 2 is 1.88 bits per heavy atom. The standard InChI is InChI=1S/C23H27F3N4O3/c1-2-27-11-21(31)19(8-14-6-4-3-5-7-14)28-22(32)20-13-30(23(33)29-20)12-15-9-17(25)18(26)10-16(15)24/h3-7,9-10,19-21,27,31H,2,8,11-13H2,1H3,(H,28,32)(H,29,33)/t19-,20-,21+/m0/s1. The lowest BCUT2D eigenvalue weighted by atomic mass is 10.0. The second-order valence-electron chi connectivity index (χ2n) is 7.92. The number of rotatable bonds is 10. The van der Waals surface area contributed by atoms with E-state index in [1.807, 2.05) is 37.3 Å². The number of hydrogen-bond acceptors (Lipinski definition) is 4. The molecule has 1 aliphatic heterocycles. The smallest absolute Gasteiger partial charge is 0.318 e. The summed E-state index contributed by atoms with van der Waals surface area (Å²) in [6.45, 7) is 2.40. The molecule has 1 aliphatic rings. The summed E-state index contributed by atoms with van der Waals surface area (Å²) in [6.07, 6.45) is -0.498. The number of nitrogens with one attached hydrogen (secondary N) is 3. The van der Waals surface area contributed by atoms with Crippen LogP contribution in [0.5, 0.6) is 0 Å². The average Bonchev–Trinajstić information content (AvgIpc) is 3.16. The van der Waals surface area contributed by atoms with E-state index in [1.165, 1.54) is 0 Å². The zero-order chi connectivity index (χ0) is 24.0. The predicted molar refractivity (Wildman–Crippen MR) is 116 cm³/mol. The fourth-order valence-corrected chi connectivity index (χ4v) is 3.63. The van der Waals surface area contributed by atoms with Gasteiger partial charge in [0.15, 0.2) is 11.6 Å². The number of likely N-dealkylation sites (N-methyl/N-ethyl adjacent to an activating group) is 1. The maximum atomic E-state index is 14.0. The normalized spacial score (nSPS) is 17.5. The molecule has 33 heavy (non-hydrogen) atoms. The summed E-state index contributed by atoms with van der Waals surface area (Å²) in [6, 6.07) is 8.26. The summed E-state index contributed by atoms with van der Waals surface area (Å²) in [4.78, 5) is 26.3. The Labute approximate surface area is 190 Å². The van der Waals surface area contributed by atoms with Gasteiger partial charge in [0.2, 0.25) is 5.91 Å². The van der Waals surface area contributed by atoms with Crippen molar-refractivity contribution in [3.05, 3.63) is 71.0 Å². The number of aliphatic hydroxyl groups excluding tert-OH is 1. The van der Waals surface area contributed by atoms with E-state index < -0.39 is 47.6 Å². The number of hydrogen-bond donors (Lipinski definition) is 4. The van der Waals surface area contributed by atoms with Crippen LogP contribution in [-0.2, 0) is 17.8 Å². The Bertz CT molecular complexity index is 977. The first kappa shape index (κ1) is 24.5. The highest BCUT2D eigenvalue weighted by atomic mass is 19.2. The van der Waals surface area contributed by atoms with Crippen LogP contribution < -0.4 is 16.0 Å². The van der Waals surface area contributed by atoms with Gasteiger partial charge in [0, 0.05) is 18.2 Å². The molecule has 1 fully saturated rings. The Balaban J connectivity index is 1.66. The highest BCUT2D eigenvalue weighted by Crippen LogP contribution is 2.18. The van der Waals surface area contributed by atoms with Crippen molar-refractivity contribution in [3.63, 3.8) is 0 Å². The Morgan fingerprint density at radius 3 is 2.58 bits per heavy atom. The van der Waals surface area contributed by atoms with Gasteiger partial charge in [-0.05, 0) is 24.6 Å². The van der Waals surface area contributed by atoms with E-state index in [9.17, 15) is 27.9 Å². The molecule has 0 spiro atoms. The average molecular weight is 464 g/mol. The topological polar surface area (TPSA) is 93.7 Å². The molecule has 7 nitrogen and oxygen atoms in total. The summed E-state index contributed by atoms with van der Waals surface area (Å²) in [7, 11) is 0. The van der Waals surface area contributed by atoms with Crippen molar-refractivity contribution < 1.29 is 27.9 Å². The second kappa shape index (κ2) is 11.2. The van der Waals surface area contributed by atoms with Crippen LogP contribution in [0.1, 0.15) is 18.1 Å². The molecule has 0 aromatic heterocycles. The van der Waals surface area contributed by atoms with Gasteiger partial charge in [-0.2, -0.15) is 0 Å². The first-order valence-corrected chi connectivity index (χ1v) is 10.7. The Hall–Kier alpha value is -3.11. The number of carbonyl (C=O) groups is 2. The van der Waals surface area contributed by atoms with Crippen molar-refractivity contribution in [1.29, 1.82) is 0 Å². The zero-order valence-corrected chi connectivity index (χ0v) is 18.2. The molecule has 178 valence electrons. The molecule has 10 heteroatoms. The third-order valence-electron chi connectivity index (χ3n) is 5.45. The van der Waals surface area contributed by atoms with Gasteiger partial charge in [-0.3, -0.25) is 4.79 Å². The molecule has 0 saturated carbocycles. The van der Waals surface area contributed by atoms with E-state index in [0.717, 1.165) is 10.5 Å². The summed E-state index contributed by atoms with van der Waals surface area (Å²) in [5, 5.41) is 18.9. The first-order chi connectivity index (χ1) is 15.8. The molecular formula is C23H27F3N4O3. The fourth-order valence-electron chi connectivity index (χ4n) is 3.63. The molecule has 0 bridgehead atoms. The lowest BCUT2D eigenvalue weighted by Gasteiger charge is -2.26. The number of amides is 3. The maximum Gasteiger partial charge on any atom is 0.318 e. The summed E-state index contributed by atoms with van der Waals surface area (Å²) >= 11 is 0. The van der Waals surface area contributed by atoms with Crippen molar-refractivity contribution in [2.75, 3.05) is 19.6 Å². The van der Waals surface area contributed by atoms with Crippen molar-refractivity contribution in [3.8, 4) is 0 Å². The first-order valence-electron chi connectivity index (χ1n) is 10.7. The van der Waals surface area contributed by atoms with Crippen LogP contribution in [0.15, 0.2) is 42.5 Å². The maximum absolute atomic E-state index is 14.0. The minimum absolute atomic E-state index is 0.0928. The van der Waals surface area contributed by atoms with Crippen LogP contribution in [0.25, 0.3) is 0 Å². The number of carbonyl (C=O) groups excluding carboxylic acids is 2. The predicted octanol–water partition coefficient (Wildman–Crippen LogP) is 1.70. The molecule has 0 aliphatic carbocycles. The van der Waals surface area contributed by atoms with E-state index in [0.29, 0.717) is 25.1 Å². The second-order valence-corrected chi connectivity index (χ2v) is 7.92. The molecule has 3 rings (SSSR count). The Kier molecular flexibility index (Phi) is 8.29. The third kappa shape index (κ3) is 6.45. The SMILES string of the molecule is CCNC[C@@H](O)[C@H](Cc1ccccc1)NC(=O)[C@@H]1CN(Cc2cc(F)c(F)cc2F)C(=O)N1. The molecule has 1 saturated heterocycles. The quantitative estimate of drug-likeness (QED) is 0.403. The molecule has 3 amide bonds. The number of nitrogens with zero attached hydrogens (tertiary/aromatic N) is 1. The van der Waals surface area contributed by atoms with Gasteiger partial charge >= 0.3 is 6.03 Å². The largest absolute Gasteiger partial charge is 0.390 e. The van der Waals surface area contributed by atoms with E-state index in [1.54, 1.807) is 0 Å². The van der Waals surface area contributed by atoms with Crippen molar-refractivity contribution in [1.82, 2.24) is 20.9 Å². The minimum Gasteiger partial charge on any atom is -0.390 e. The number of benzene rings is 2. The van der Waals surface area contributed by atoms with Crippen LogP contribution in [0, 0.1) is 17.5 Å². The monoisotopic (exact) mass is 464 g/mol. The highest BCUT2D eigenvalue weighted by molar-refractivity contribution is 5.90. The molecule has 1 heterocycles. The van der Waals surface area contributed by atoms with Crippen LogP contribution >= 0.6 is 0 Å². The minimum atomic E-state index is -1.32. The van der Waals surface area contributed by atoms with E-state index in [-0.39, 0.29) is 25.2 Å². The summed E-state index contributed by atoms with van der Waals surface area (Å²) in [5.74, 6) is -4.03. The van der Waals surface area contributed by atoms with E-state index in [4.69, 9.17) is 0 Å². The van der Waals surface area contributed by atoms with Crippen LogP contribution in [0.4, 0.5) is 18.0 Å². The number of halogens is 3. The fraction of sp³-hybridized carbons (Fsp3) is 0.391. The molecule has 2 aromatic rings. The van der Waals surface area contributed by atoms with Crippen molar-refractivity contribution in [2.45, 2.75) is 38.1 Å². The van der Waals surface area contributed by atoms with E-state index in [2.05, 4.69) is 16.0 Å². The third-order valence-corrected chi connectivity index (χ3v) is 5.45. The van der Waals surface area contributed by atoms with Gasteiger partial charge in [0.25, 0.3) is 0 Å². The summed E-state index contributed by atoms with van der Waals surface area (Å²) < 4.78 is 40.6. The molecule has 2 aromatic carbocycles.